The zero-order valence-corrected chi connectivity index (χ0v) is 5.44. The largest absolute Gasteiger partial charge is 0.447 e. The van der Waals surface area contributed by atoms with Crippen LogP contribution in [0.4, 0.5) is 0 Å². The highest BCUT2D eigenvalue weighted by atomic mass is 16.5. The van der Waals surface area contributed by atoms with Crippen LogP contribution >= 0.6 is 0 Å². The van der Waals surface area contributed by atoms with Gasteiger partial charge in [0.1, 0.15) is 0 Å². The second kappa shape index (κ2) is 3.31. The van der Waals surface area contributed by atoms with Crippen LogP contribution in [-0.4, -0.2) is 33.2 Å². The van der Waals surface area contributed by atoms with E-state index in [2.05, 4.69) is 31.3 Å². The normalized spacial score (nSPS) is 8.64. The molecule has 0 aliphatic rings. The summed E-state index contributed by atoms with van der Waals surface area (Å²) in [5.41, 5.74) is 0. The molecule has 0 atom stereocenters. The van der Waals surface area contributed by atoms with Crippen LogP contribution in [0.5, 0.6) is 0 Å². The van der Waals surface area contributed by atoms with Crippen LogP contribution in [0.1, 0.15) is 10.6 Å². The molecule has 56 valence electrons. The van der Waals surface area contributed by atoms with Crippen LogP contribution in [0.25, 0.3) is 0 Å². The molecule has 1 N–H and O–H groups in total. The standard InChI is InChI=1S/C5H4N4O2/c1-2-3-11-5(10)4-6-8-9-7-4/h1H,3H2,(H,6,7,8,9). The van der Waals surface area contributed by atoms with Crippen molar-refractivity contribution < 1.29 is 9.53 Å². The molecular formula is C5H4N4O2. The van der Waals surface area contributed by atoms with Gasteiger partial charge in [-0.2, -0.15) is 5.21 Å². The monoisotopic (exact) mass is 152 g/mol. The lowest BCUT2D eigenvalue weighted by atomic mass is 10.6. The highest BCUT2D eigenvalue weighted by Gasteiger charge is 2.10. The Morgan fingerprint density at radius 3 is 3.18 bits per heavy atom. The smallest absolute Gasteiger partial charge is 0.381 e. The number of carbonyl (C=O) groups excluding carboxylic acids is 1. The Balaban J connectivity index is 2.51. The number of rotatable bonds is 2. The predicted molar refractivity (Wildman–Crippen MR) is 33.3 cm³/mol. The van der Waals surface area contributed by atoms with Gasteiger partial charge >= 0.3 is 5.97 Å². The molecule has 0 bridgehead atoms. The van der Waals surface area contributed by atoms with Crippen molar-refractivity contribution in [3.63, 3.8) is 0 Å². The number of hydrogen-bond donors (Lipinski definition) is 1. The quantitative estimate of drug-likeness (QED) is 0.433. The first kappa shape index (κ1) is 7.21. The van der Waals surface area contributed by atoms with Crippen LogP contribution < -0.4 is 0 Å². The Hall–Kier alpha value is -1.90. The molecule has 1 heterocycles. The Labute approximate surface area is 61.9 Å². The lowest BCUT2D eigenvalue weighted by molar-refractivity contribution is 0.0542. The molecule has 0 spiro atoms. The summed E-state index contributed by atoms with van der Waals surface area (Å²) in [6, 6.07) is 0. The van der Waals surface area contributed by atoms with Gasteiger partial charge in [-0.3, -0.25) is 0 Å². The van der Waals surface area contributed by atoms with Crippen LogP contribution in [0, 0.1) is 12.3 Å². The summed E-state index contributed by atoms with van der Waals surface area (Å²) in [6.45, 7) is -0.0899. The topological polar surface area (TPSA) is 80.8 Å². The molecule has 11 heavy (non-hydrogen) atoms. The second-order valence-electron chi connectivity index (χ2n) is 1.52. The fraction of sp³-hybridized carbons (Fsp3) is 0.200. The molecule has 1 aromatic rings. The third-order valence-electron chi connectivity index (χ3n) is 0.815. The molecule has 0 saturated carbocycles. The molecule has 0 fully saturated rings. The summed E-state index contributed by atoms with van der Waals surface area (Å²) in [4.78, 5) is 10.8. The van der Waals surface area contributed by atoms with Crippen LogP contribution in [0.15, 0.2) is 0 Å². The summed E-state index contributed by atoms with van der Waals surface area (Å²) in [5.74, 6) is 1.32. The third-order valence-corrected chi connectivity index (χ3v) is 0.815. The van der Waals surface area contributed by atoms with Gasteiger partial charge in [0, 0.05) is 0 Å². The summed E-state index contributed by atoms with van der Waals surface area (Å²) in [6.07, 6.45) is 4.84. The average molecular weight is 152 g/mol. The van der Waals surface area contributed by atoms with Crippen molar-refractivity contribution in [2.45, 2.75) is 0 Å². The minimum absolute atomic E-state index is 0.0899. The number of terminal acetylenes is 1. The first-order valence-electron chi connectivity index (χ1n) is 2.68. The van der Waals surface area contributed by atoms with Crippen molar-refractivity contribution in [3.05, 3.63) is 5.82 Å². The van der Waals surface area contributed by atoms with Gasteiger partial charge in [-0.1, -0.05) is 5.92 Å². The molecule has 0 aromatic carbocycles. The molecule has 0 radical (unpaired) electrons. The van der Waals surface area contributed by atoms with E-state index in [9.17, 15) is 4.79 Å². The second-order valence-corrected chi connectivity index (χ2v) is 1.52. The summed E-state index contributed by atoms with van der Waals surface area (Å²) in [5, 5.41) is 12.0. The zero-order valence-electron chi connectivity index (χ0n) is 5.44. The van der Waals surface area contributed by atoms with Gasteiger partial charge in [0.05, 0.1) is 0 Å². The fourth-order valence-electron chi connectivity index (χ4n) is 0.420. The average Bonchev–Trinajstić information content (AvgIpc) is 2.52. The van der Waals surface area contributed by atoms with Gasteiger partial charge < -0.3 is 4.74 Å². The number of aromatic amines is 1. The maximum Gasteiger partial charge on any atom is 0.381 e. The van der Waals surface area contributed by atoms with Gasteiger partial charge in [0.25, 0.3) is 5.82 Å². The minimum atomic E-state index is -0.684. The van der Waals surface area contributed by atoms with Crippen LogP contribution in [-0.2, 0) is 4.74 Å². The molecule has 0 aliphatic carbocycles. The number of nitrogens with one attached hydrogen (secondary N) is 1. The van der Waals surface area contributed by atoms with Crippen molar-refractivity contribution in [2.24, 2.45) is 0 Å². The van der Waals surface area contributed by atoms with Crippen LogP contribution in [0.2, 0.25) is 0 Å². The van der Waals surface area contributed by atoms with E-state index in [0.717, 1.165) is 0 Å². The molecule has 1 rings (SSSR count). The third kappa shape index (κ3) is 1.76. The van der Waals surface area contributed by atoms with Gasteiger partial charge in [-0.25, -0.2) is 4.79 Å². The van der Waals surface area contributed by atoms with Gasteiger partial charge in [0.2, 0.25) is 0 Å². The van der Waals surface area contributed by atoms with Crippen molar-refractivity contribution in [2.75, 3.05) is 6.61 Å². The van der Waals surface area contributed by atoms with E-state index in [1.807, 2.05) is 0 Å². The number of nitrogens with zero attached hydrogens (tertiary/aromatic N) is 3. The lowest BCUT2D eigenvalue weighted by Gasteiger charge is -1.92. The van der Waals surface area contributed by atoms with E-state index >= 15 is 0 Å². The molecule has 6 heteroatoms. The number of carbonyl (C=O) groups is 1. The zero-order chi connectivity index (χ0) is 8.10. The molecule has 0 saturated heterocycles. The molecule has 1 aromatic heterocycles. The van der Waals surface area contributed by atoms with Crippen LogP contribution in [0.3, 0.4) is 0 Å². The molecule has 0 unspecified atom stereocenters. The van der Waals surface area contributed by atoms with E-state index in [4.69, 9.17) is 6.42 Å². The maximum atomic E-state index is 10.8. The number of aromatic nitrogens is 4. The first-order chi connectivity index (χ1) is 5.34. The Kier molecular flexibility index (Phi) is 2.17. The van der Waals surface area contributed by atoms with Crippen molar-refractivity contribution >= 4 is 5.97 Å². The van der Waals surface area contributed by atoms with E-state index in [0.29, 0.717) is 0 Å². The lowest BCUT2D eigenvalue weighted by Crippen LogP contribution is -2.07. The number of tetrazole rings is 1. The van der Waals surface area contributed by atoms with Gasteiger partial charge in [-0.15, -0.1) is 16.6 Å². The highest BCUT2D eigenvalue weighted by molar-refractivity contribution is 5.84. The van der Waals surface area contributed by atoms with E-state index < -0.39 is 5.97 Å². The summed E-state index contributed by atoms with van der Waals surface area (Å²) in [7, 11) is 0. The summed E-state index contributed by atoms with van der Waals surface area (Å²) >= 11 is 0. The number of ether oxygens (including phenoxy) is 1. The highest BCUT2D eigenvalue weighted by Crippen LogP contribution is 1.87. The Morgan fingerprint density at radius 1 is 1.82 bits per heavy atom. The van der Waals surface area contributed by atoms with Crippen molar-refractivity contribution in [1.82, 2.24) is 20.6 Å². The predicted octanol–water partition coefficient (Wildman–Crippen LogP) is -1.01. The molecular weight excluding hydrogens is 148 g/mol. The van der Waals surface area contributed by atoms with E-state index in [-0.39, 0.29) is 12.4 Å². The first-order valence-corrected chi connectivity index (χ1v) is 2.68. The van der Waals surface area contributed by atoms with Crippen molar-refractivity contribution in [1.29, 1.82) is 0 Å². The van der Waals surface area contributed by atoms with Gasteiger partial charge in [-0.05, 0) is 5.21 Å². The Morgan fingerprint density at radius 2 is 2.64 bits per heavy atom. The maximum absolute atomic E-state index is 10.8. The Bertz CT molecular complexity index is 273. The molecule has 0 aliphatic heterocycles. The SMILES string of the molecule is C#CCOC(=O)c1nn[nH]n1. The van der Waals surface area contributed by atoms with Gasteiger partial charge in [0.15, 0.2) is 6.61 Å². The number of esters is 1. The van der Waals surface area contributed by atoms with E-state index in [1.165, 1.54) is 0 Å². The number of H-pyrrole nitrogens is 1. The molecule has 6 nitrogen and oxygen atoms in total. The molecule has 0 amide bonds. The number of hydrogen-bond acceptors (Lipinski definition) is 5. The van der Waals surface area contributed by atoms with Crippen molar-refractivity contribution in [3.8, 4) is 12.3 Å². The van der Waals surface area contributed by atoms with E-state index in [1.54, 1.807) is 0 Å². The summed E-state index contributed by atoms with van der Waals surface area (Å²) < 4.78 is 4.48. The fourth-order valence-corrected chi connectivity index (χ4v) is 0.420. The minimum Gasteiger partial charge on any atom is -0.447 e.